The van der Waals surface area contributed by atoms with Gasteiger partial charge in [0, 0.05) is 19.1 Å². The third-order valence-corrected chi connectivity index (χ3v) is 5.68. The lowest BCUT2D eigenvalue weighted by atomic mass is 9.97. The highest BCUT2D eigenvalue weighted by atomic mass is 32.1. The molecular formula is C17H21N3OS. The molecule has 1 N–H and O–H groups in total. The number of aromatic nitrogens is 1. The Labute approximate surface area is 134 Å². The number of aryl methyl sites for hydroxylation is 1. The number of nitrogens with one attached hydrogen (secondary N) is 1. The molecule has 4 nitrogen and oxygen atoms in total. The molecule has 2 aromatic rings. The van der Waals surface area contributed by atoms with Crippen molar-refractivity contribution in [3.8, 4) is 0 Å². The Kier molecular flexibility index (Phi) is 3.53. The van der Waals surface area contributed by atoms with Crippen LogP contribution in [-0.2, 0) is 4.79 Å². The summed E-state index contributed by atoms with van der Waals surface area (Å²) in [6.07, 6.45) is 4.37. The van der Waals surface area contributed by atoms with Gasteiger partial charge in [-0.25, -0.2) is 4.98 Å². The van der Waals surface area contributed by atoms with E-state index < -0.39 is 0 Å². The number of nitrogens with zero attached hydrogens (tertiary/aromatic N) is 2. The highest BCUT2D eigenvalue weighted by Crippen LogP contribution is 2.33. The van der Waals surface area contributed by atoms with E-state index in [1.54, 1.807) is 11.3 Å². The molecule has 4 rings (SSSR count). The van der Waals surface area contributed by atoms with Crippen LogP contribution in [0.3, 0.4) is 0 Å². The first-order valence-corrected chi connectivity index (χ1v) is 8.94. The molecule has 2 fully saturated rings. The minimum Gasteiger partial charge on any atom is -0.353 e. The third-order valence-electron chi connectivity index (χ3n) is 4.60. The van der Waals surface area contributed by atoms with E-state index >= 15 is 0 Å². The number of carbonyl (C=O) groups excluding carboxylic acids is 1. The van der Waals surface area contributed by atoms with Crippen LogP contribution >= 0.6 is 11.3 Å². The Balaban J connectivity index is 1.52. The summed E-state index contributed by atoms with van der Waals surface area (Å²) in [6, 6.07) is 6.77. The highest BCUT2D eigenvalue weighted by Gasteiger charge is 2.31. The van der Waals surface area contributed by atoms with Crippen LogP contribution in [0.5, 0.6) is 0 Å². The molecular weight excluding hydrogens is 294 g/mol. The summed E-state index contributed by atoms with van der Waals surface area (Å²) >= 11 is 1.74. The molecule has 5 heteroatoms. The Morgan fingerprint density at radius 3 is 3.00 bits per heavy atom. The average Bonchev–Trinajstić information content (AvgIpc) is 3.23. The Hall–Kier alpha value is -1.62. The van der Waals surface area contributed by atoms with Crippen molar-refractivity contribution in [3.63, 3.8) is 0 Å². The number of thiazole rings is 1. The van der Waals surface area contributed by atoms with Crippen LogP contribution < -0.4 is 10.2 Å². The van der Waals surface area contributed by atoms with E-state index in [4.69, 9.17) is 4.98 Å². The molecule has 0 radical (unpaired) electrons. The Bertz CT molecular complexity index is 707. The number of hydrogen-bond acceptors (Lipinski definition) is 4. The Morgan fingerprint density at radius 1 is 1.36 bits per heavy atom. The maximum Gasteiger partial charge on any atom is 0.225 e. The first-order chi connectivity index (χ1) is 10.7. The normalized spacial score (nSPS) is 22.0. The van der Waals surface area contributed by atoms with Crippen LogP contribution in [-0.4, -0.2) is 30.0 Å². The van der Waals surface area contributed by atoms with Crippen LogP contribution in [0.15, 0.2) is 18.2 Å². The number of fused-ring (bicyclic) bond motifs is 1. The first-order valence-electron chi connectivity index (χ1n) is 8.12. The van der Waals surface area contributed by atoms with Crippen LogP contribution in [0, 0.1) is 12.8 Å². The SMILES string of the molecule is Cc1cccc2sc(N3CCCC(C(=O)NC4CC4)C3)nc12. The third kappa shape index (κ3) is 2.70. The molecule has 116 valence electrons. The summed E-state index contributed by atoms with van der Waals surface area (Å²) < 4.78 is 1.24. The summed E-state index contributed by atoms with van der Waals surface area (Å²) in [5.74, 6) is 0.354. The van der Waals surface area contributed by atoms with Crippen molar-refractivity contribution in [2.75, 3.05) is 18.0 Å². The van der Waals surface area contributed by atoms with Crippen molar-refractivity contribution < 1.29 is 4.79 Å². The largest absolute Gasteiger partial charge is 0.353 e. The zero-order chi connectivity index (χ0) is 15.1. The molecule has 1 unspecified atom stereocenters. The molecule has 1 atom stereocenters. The van der Waals surface area contributed by atoms with Gasteiger partial charge in [0.05, 0.1) is 16.1 Å². The van der Waals surface area contributed by atoms with Gasteiger partial charge in [-0.05, 0) is 44.2 Å². The van der Waals surface area contributed by atoms with Gasteiger partial charge in [-0.2, -0.15) is 0 Å². The zero-order valence-corrected chi connectivity index (χ0v) is 13.7. The minimum atomic E-state index is 0.113. The second kappa shape index (κ2) is 5.54. The van der Waals surface area contributed by atoms with Crippen LogP contribution in [0.1, 0.15) is 31.2 Å². The van der Waals surface area contributed by atoms with Gasteiger partial charge in [0.25, 0.3) is 0 Å². The quantitative estimate of drug-likeness (QED) is 0.946. The van der Waals surface area contributed by atoms with Gasteiger partial charge in [0.2, 0.25) is 5.91 Å². The molecule has 2 aliphatic rings. The molecule has 0 spiro atoms. The van der Waals surface area contributed by atoms with Crippen molar-refractivity contribution in [1.82, 2.24) is 10.3 Å². The van der Waals surface area contributed by atoms with Crippen molar-refractivity contribution >= 4 is 32.6 Å². The van der Waals surface area contributed by atoms with E-state index in [-0.39, 0.29) is 11.8 Å². The predicted octanol–water partition coefficient (Wildman–Crippen LogP) is 3.10. The fourth-order valence-electron chi connectivity index (χ4n) is 3.12. The number of rotatable bonds is 3. The second-order valence-electron chi connectivity index (χ2n) is 6.49. The summed E-state index contributed by atoms with van der Waals surface area (Å²) in [7, 11) is 0. The number of carbonyl (C=O) groups is 1. The molecule has 2 heterocycles. The molecule has 1 aliphatic heterocycles. The van der Waals surface area contributed by atoms with Crippen LogP contribution in [0.2, 0.25) is 0 Å². The number of anilines is 1. The van der Waals surface area contributed by atoms with Gasteiger partial charge in [0.15, 0.2) is 5.13 Å². The van der Waals surface area contributed by atoms with Gasteiger partial charge in [-0.1, -0.05) is 23.5 Å². The van der Waals surface area contributed by atoms with E-state index in [9.17, 15) is 4.79 Å². The number of hydrogen-bond donors (Lipinski definition) is 1. The van der Waals surface area contributed by atoms with Crippen molar-refractivity contribution in [2.45, 2.75) is 38.6 Å². The fraction of sp³-hybridized carbons (Fsp3) is 0.529. The summed E-state index contributed by atoms with van der Waals surface area (Å²) in [6.45, 7) is 3.91. The second-order valence-corrected chi connectivity index (χ2v) is 7.50. The van der Waals surface area contributed by atoms with E-state index in [1.165, 1.54) is 10.3 Å². The molecule has 1 amide bonds. The standard InChI is InChI=1S/C17H21N3OS/c1-11-4-2-6-14-15(11)19-17(22-14)20-9-3-5-12(10-20)16(21)18-13-7-8-13/h2,4,6,12-13H,3,5,7-10H2,1H3,(H,18,21). The molecule has 1 aromatic carbocycles. The summed E-state index contributed by atoms with van der Waals surface area (Å²) in [4.78, 5) is 19.4. The van der Waals surface area contributed by atoms with E-state index in [1.807, 2.05) is 0 Å². The van der Waals surface area contributed by atoms with Crippen molar-refractivity contribution in [1.29, 1.82) is 0 Å². The van der Waals surface area contributed by atoms with Crippen molar-refractivity contribution in [2.24, 2.45) is 5.92 Å². The minimum absolute atomic E-state index is 0.113. The number of amides is 1. The molecule has 1 saturated carbocycles. The summed E-state index contributed by atoms with van der Waals surface area (Å²) in [5, 5.41) is 4.21. The van der Waals surface area contributed by atoms with Crippen molar-refractivity contribution in [3.05, 3.63) is 23.8 Å². The highest BCUT2D eigenvalue weighted by molar-refractivity contribution is 7.22. The zero-order valence-electron chi connectivity index (χ0n) is 12.8. The van der Waals surface area contributed by atoms with Gasteiger partial charge in [0.1, 0.15) is 0 Å². The monoisotopic (exact) mass is 315 g/mol. The average molecular weight is 315 g/mol. The predicted molar refractivity (Wildman–Crippen MR) is 90.5 cm³/mol. The van der Waals surface area contributed by atoms with E-state index in [0.29, 0.717) is 6.04 Å². The smallest absolute Gasteiger partial charge is 0.225 e. The van der Waals surface area contributed by atoms with Gasteiger partial charge < -0.3 is 10.2 Å². The molecule has 22 heavy (non-hydrogen) atoms. The maximum atomic E-state index is 12.3. The van der Waals surface area contributed by atoms with Crippen LogP contribution in [0.4, 0.5) is 5.13 Å². The van der Waals surface area contributed by atoms with Crippen LogP contribution in [0.25, 0.3) is 10.2 Å². The number of para-hydroxylation sites is 1. The molecule has 1 saturated heterocycles. The lowest BCUT2D eigenvalue weighted by Gasteiger charge is -2.31. The Morgan fingerprint density at radius 2 is 2.23 bits per heavy atom. The number of benzene rings is 1. The van der Waals surface area contributed by atoms with Gasteiger partial charge >= 0.3 is 0 Å². The first kappa shape index (κ1) is 14.0. The fourth-order valence-corrected chi connectivity index (χ4v) is 4.20. The van der Waals surface area contributed by atoms with E-state index in [0.717, 1.165) is 49.4 Å². The lowest BCUT2D eigenvalue weighted by molar-refractivity contribution is -0.125. The molecule has 1 aromatic heterocycles. The van der Waals surface area contributed by atoms with Gasteiger partial charge in [-0.15, -0.1) is 0 Å². The maximum absolute atomic E-state index is 12.3. The molecule has 1 aliphatic carbocycles. The molecule has 0 bridgehead atoms. The van der Waals surface area contributed by atoms with E-state index in [2.05, 4.69) is 35.3 Å². The summed E-state index contributed by atoms with van der Waals surface area (Å²) in [5.41, 5.74) is 2.33. The number of piperidine rings is 1. The van der Waals surface area contributed by atoms with Gasteiger partial charge in [-0.3, -0.25) is 4.79 Å². The topological polar surface area (TPSA) is 45.2 Å². The lowest BCUT2D eigenvalue weighted by Crippen LogP contribution is -2.43.